The summed E-state index contributed by atoms with van der Waals surface area (Å²) in [5, 5.41) is 11.3. The first-order valence-corrected chi connectivity index (χ1v) is 17.4. The highest BCUT2D eigenvalue weighted by atomic mass is 16.5. The number of fused-ring (bicyclic) bond motifs is 5. The van der Waals surface area contributed by atoms with Crippen LogP contribution < -0.4 is 0 Å². The van der Waals surface area contributed by atoms with Crippen molar-refractivity contribution in [1.29, 1.82) is 0 Å². The summed E-state index contributed by atoms with van der Waals surface area (Å²) in [5.74, 6) is 2.65. The average Bonchev–Trinajstić information content (AvgIpc) is 3.27. The zero-order valence-electron chi connectivity index (χ0n) is 26.4. The molecule has 6 aliphatic rings. The predicted molar refractivity (Wildman–Crippen MR) is 162 cm³/mol. The van der Waals surface area contributed by atoms with E-state index >= 15 is 0 Å². The molecule has 0 spiro atoms. The summed E-state index contributed by atoms with van der Waals surface area (Å²) in [7, 11) is 0. The molecule has 6 heteroatoms. The standard InChI is InChI=1S/C35H59N2O4/c1-5-10-32(39)41-33-30(37(17-6-2)18-8-7-9-19-37)23-28-26-12-11-25-22-31(38)29(36-15-20-40-21-16-36)24-35(25,4)27(26)13-14-34(28,33)3/h6,25-31,33,38H,2,5,7-24H2,1,3-4H3/q+1/t25?,26-,27-,28+,29?,30?,31?,33?,34+,35+/m1/s1. The Morgan fingerprint density at radius 1 is 1.07 bits per heavy atom. The lowest BCUT2D eigenvalue weighted by atomic mass is 9.44. The van der Waals surface area contributed by atoms with Gasteiger partial charge in [-0.3, -0.25) is 9.69 Å². The Labute approximate surface area is 249 Å². The van der Waals surface area contributed by atoms with E-state index in [-0.39, 0.29) is 35.0 Å². The van der Waals surface area contributed by atoms with Gasteiger partial charge in [-0.1, -0.05) is 27.4 Å². The third kappa shape index (κ3) is 5.15. The second-order valence-corrected chi connectivity index (χ2v) is 15.6. The molecule has 6 rings (SSSR count). The van der Waals surface area contributed by atoms with Crippen LogP contribution in [0.2, 0.25) is 0 Å². The van der Waals surface area contributed by atoms with Crippen LogP contribution in [0.5, 0.6) is 0 Å². The lowest BCUT2D eigenvalue weighted by Gasteiger charge is -2.62. The van der Waals surface area contributed by atoms with Gasteiger partial charge in [0.25, 0.3) is 0 Å². The first-order chi connectivity index (χ1) is 19.8. The smallest absolute Gasteiger partial charge is 0.306 e. The molecular formula is C35H59N2O4+. The molecule has 232 valence electrons. The van der Waals surface area contributed by atoms with Gasteiger partial charge in [0.15, 0.2) is 6.10 Å². The Kier molecular flexibility index (Phi) is 8.70. The summed E-state index contributed by atoms with van der Waals surface area (Å²) in [6.07, 6.45) is 15.4. The normalized spacial score (nSPS) is 46.1. The SMILES string of the molecule is C=CC[N+]1(C2C[C@H]3[C@@H]4CCC5CC(O)C(N6CCOCC6)C[C@]5(C)[C@@H]4CC[C@]3(C)C2OC(=O)CCC)CCCCC1. The number of aliphatic hydroxyl groups excluding tert-OH is 1. The van der Waals surface area contributed by atoms with Gasteiger partial charge in [0.05, 0.1) is 39.0 Å². The van der Waals surface area contributed by atoms with Gasteiger partial charge >= 0.3 is 5.97 Å². The molecule has 4 saturated carbocycles. The highest BCUT2D eigenvalue weighted by Crippen LogP contribution is 2.67. The van der Waals surface area contributed by atoms with E-state index in [1.165, 1.54) is 64.5 Å². The molecule has 0 radical (unpaired) electrons. The van der Waals surface area contributed by atoms with Crippen LogP contribution in [-0.4, -0.2) is 90.7 Å². The predicted octanol–water partition coefficient (Wildman–Crippen LogP) is 5.58. The Balaban J connectivity index is 1.30. The Hall–Kier alpha value is -0.950. The molecule has 41 heavy (non-hydrogen) atoms. The summed E-state index contributed by atoms with van der Waals surface area (Å²) >= 11 is 0. The van der Waals surface area contributed by atoms with Crippen molar-refractivity contribution >= 4 is 5.97 Å². The van der Waals surface area contributed by atoms with E-state index < -0.39 is 0 Å². The van der Waals surface area contributed by atoms with Crippen LogP contribution in [0.15, 0.2) is 12.7 Å². The van der Waals surface area contributed by atoms with Crippen LogP contribution in [0.25, 0.3) is 0 Å². The number of hydrogen-bond acceptors (Lipinski definition) is 5. The van der Waals surface area contributed by atoms with E-state index in [0.29, 0.717) is 36.1 Å². The van der Waals surface area contributed by atoms with Gasteiger partial charge in [-0.05, 0) is 99.4 Å². The number of piperidine rings is 1. The van der Waals surface area contributed by atoms with Crippen LogP contribution in [0.1, 0.15) is 97.8 Å². The number of carbonyl (C=O) groups is 1. The molecule has 6 nitrogen and oxygen atoms in total. The second kappa shape index (κ2) is 11.9. The number of nitrogens with zero attached hydrogens (tertiary/aromatic N) is 2. The van der Waals surface area contributed by atoms with Crippen LogP contribution in [0.3, 0.4) is 0 Å². The average molecular weight is 572 g/mol. The second-order valence-electron chi connectivity index (χ2n) is 15.6. The highest BCUT2D eigenvalue weighted by Gasteiger charge is 2.67. The fourth-order valence-corrected chi connectivity index (χ4v) is 11.7. The summed E-state index contributed by atoms with van der Waals surface area (Å²) in [4.78, 5) is 15.7. The van der Waals surface area contributed by atoms with Crippen LogP contribution in [0, 0.1) is 34.5 Å². The number of morpholine rings is 1. The van der Waals surface area contributed by atoms with Crippen molar-refractivity contribution in [1.82, 2.24) is 4.90 Å². The number of quaternary nitrogens is 1. The molecule has 0 aromatic carbocycles. The Bertz CT molecular complexity index is 944. The van der Waals surface area contributed by atoms with Gasteiger partial charge in [0.1, 0.15) is 6.04 Å². The van der Waals surface area contributed by atoms with Gasteiger partial charge in [0, 0.05) is 37.4 Å². The van der Waals surface area contributed by atoms with Gasteiger partial charge in [-0.15, -0.1) is 0 Å². The molecule has 2 heterocycles. The molecule has 0 amide bonds. The minimum atomic E-state index is -0.211. The largest absolute Gasteiger partial charge is 0.455 e. The van der Waals surface area contributed by atoms with Crippen molar-refractivity contribution in [2.24, 2.45) is 34.5 Å². The van der Waals surface area contributed by atoms with E-state index in [9.17, 15) is 9.90 Å². The zero-order chi connectivity index (χ0) is 28.8. The number of ether oxygens (including phenoxy) is 2. The van der Waals surface area contributed by atoms with Crippen molar-refractivity contribution < 1.29 is 23.9 Å². The first kappa shape index (κ1) is 30.1. The van der Waals surface area contributed by atoms with E-state index in [2.05, 4.69) is 38.3 Å². The number of esters is 1. The van der Waals surface area contributed by atoms with E-state index in [1.54, 1.807) is 0 Å². The number of likely N-dealkylation sites (tertiary alicyclic amines) is 1. The third-order valence-electron chi connectivity index (χ3n) is 13.7. The fraction of sp³-hybridized carbons (Fsp3) is 0.914. The van der Waals surface area contributed by atoms with Crippen molar-refractivity contribution in [3.8, 4) is 0 Å². The van der Waals surface area contributed by atoms with Gasteiger partial charge in [-0.2, -0.15) is 0 Å². The summed E-state index contributed by atoms with van der Waals surface area (Å²) in [6.45, 7) is 18.3. The summed E-state index contributed by atoms with van der Waals surface area (Å²) < 4.78 is 13.4. The monoisotopic (exact) mass is 571 g/mol. The lowest BCUT2D eigenvalue weighted by molar-refractivity contribution is -0.952. The molecular weight excluding hydrogens is 512 g/mol. The maximum absolute atomic E-state index is 13.2. The molecule has 2 aliphatic heterocycles. The minimum absolute atomic E-state index is 0.0188. The van der Waals surface area contributed by atoms with Gasteiger partial charge in [0.2, 0.25) is 0 Å². The maximum Gasteiger partial charge on any atom is 0.306 e. The highest BCUT2D eigenvalue weighted by molar-refractivity contribution is 5.69. The minimum Gasteiger partial charge on any atom is -0.455 e. The van der Waals surface area contributed by atoms with Crippen LogP contribution in [0.4, 0.5) is 0 Å². The van der Waals surface area contributed by atoms with E-state index in [0.717, 1.165) is 56.6 Å². The van der Waals surface area contributed by atoms with Crippen LogP contribution in [-0.2, 0) is 14.3 Å². The summed E-state index contributed by atoms with van der Waals surface area (Å²) in [5.41, 5.74) is 0.331. The van der Waals surface area contributed by atoms with Crippen LogP contribution >= 0.6 is 0 Å². The molecule has 0 aromatic rings. The molecule has 2 saturated heterocycles. The topological polar surface area (TPSA) is 59.0 Å². The first-order valence-electron chi connectivity index (χ1n) is 17.4. The summed E-state index contributed by atoms with van der Waals surface area (Å²) in [6, 6.07) is 0.656. The quantitative estimate of drug-likeness (QED) is 0.246. The van der Waals surface area contributed by atoms with Crippen molar-refractivity contribution in [2.75, 3.05) is 45.9 Å². The number of aliphatic hydroxyl groups is 1. The van der Waals surface area contributed by atoms with Gasteiger partial charge < -0.3 is 19.1 Å². The molecule has 1 N–H and O–H groups in total. The number of carbonyl (C=O) groups excluding carboxylic acids is 1. The van der Waals surface area contributed by atoms with E-state index in [4.69, 9.17) is 9.47 Å². The Morgan fingerprint density at radius 3 is 2.54 bits per heavy atom. The zero-order valence-corrected chi connectivity index (χ0v) is 26.4. The Morgan fingerprint density at radius 2 is 1.83 bits per heavy atom. The molecule has 0 aromatic heterocycles. The molecule has 0 bridgehead atoms. The lowest BCUT2D eigenvalue weighted by Crippen LogP contribution is -2.63. The fourth-order valence-electron chi connectivity index (χ4n) is 11.7. The van der Waals surface area contributed by atoms with Crippen molar-refractivity contribution in [2.45, 2.75) is 122 Å². The molecule has 5 unspecified atom stereocenters. The van der Waals surface area contributed by atoms with Crippen molar-refractivity contribution in [3.05, 3.63) is 12.7 Å². The van der Waals surface area contributed by atoms with Crippen molar-refractivity contribution in [3.63, 3.8) is 0 Å². The maximum atomic E-state index is 13.2. The molecule has 4 aliphatic carbocycles. The number of rotatable bonds is 7. The molecule has 6 fully saturated rings. The molecule has 10 atom stereocenters. The number of hydrogen-bond donors (Lipinski definition) is 1. The third-order valence-corrected chi connectivity index (χ3v) is 13.7. The van der Waals surface area contributed by atoms with E-state index in [1.807, 2.05) is 0 Å². The van der Waals surface area contributed by atoms with Gasteiger partial charge in [-0.25, -0.2) is 0 Å².